The normalized spacial score (nSPS) is 16.3. The van der Waals surface area contributed by atoms with Gasteiger partial charge in [-0.15, -0.1) is 0 Å². The molecule has 1 aliphatic heterocycles. The van der Waals surface area contributed by atoms with Crippen molar-refractivity contribution in [2.75, 3.05) is 12.3 Å². The molecule has 0 atom stereocenters. The van der Waals surface area contributed by atoms with Crippen molar-refractivity contribution in [2.45, 2.75) is 6.92 Å². The minimum atomic E-state index is -0.307. The third-order valence-corrected chi connectivity index (χ3v) is 2.52. The van der Waals surface area contributed by atoms with Gasteiger partial charge in [-0.3, -0.25) is 9.79 Å². The van der Waals surface area contributed by atoms with Crippen LogP contribution in [0.5, 0.6) is 0 Å². The molecule has 1 aromatic rings. The van der Waals surface area contributed by atoms with E-state index in [4.69, 9.17) is 5.73 Å². The lowest BCUT2D eigenvalue weighted by atomic mass is 10.1. The smallest absolute Gasteiger partial charge is 0.256 e. The Bertz CT molecular complexity index is 532. The van der Waals surface area contributed by atoms with Gasteiger partial charge in [0.2, 0.25) is 0 Å². The summed E-state index contributed by atoms with van der Waals surface area (Å²) < 4.78 is 0. The van der Waals surface area contributed by atoms with E-state index < -0.39 is 0 Å². The summed E-state index contributed by atoms with van der Waals surface area (Å²) in [4.78, 5) is 15.7. The zero-order chi connectivity index (χ0) is 12.4. The minimum Gasteiger partial charge on any atom is -0.510 e. The fourth-order valence-electron chi connectivity index (χ4n) is 1.67. The molecule has 4 N–H and O–H groups in total. The van der Waals surface area contributed by atoms with Crippen molar-refractivity contribution < 1.29 is 9.90 Å². The van der Waals surface area contributed by atoms with Crippen LogP contribution in [-0.2, 0) is 4.79 Å². The first kappa shape index (κ1) is 11.2. The summed E-state index contributed by atoms with van der Waals surface area (Å²) in [6, 6.07) is 7.10. The van der Waals surface area contributed by atoms with Gasteiger partial charge in [-0.1, -0.05) is 12.1 Å². The fourth-order valence-corrected chi connectivity index (χ4v) is 1.67. The van der Waals surface area contributed by atoms with Gasteiger partial charge in [0.15, 0.2) is 0 Å². The highest BCUT2D eigenvalue weighted by Gasteiger charge is 2.24. The maximum Gasteiger partial charge on any atom is 0.256 e. The second-order valence-electron chi connectivity index (χ2n) is 3.76. The lowest BCUT2D eigenvalue weighted by molar-refractivity contribution is -0.116. The largest absolute Gasteiger partial charge is 0.510 e. The number of hydrogen-bond acceptors (Lipinski definition) is 4. The zero-order valence-electron chi connectivity index (χ0n) is 9.40. The van der Waals surface area contributed by atoms with Crippen molar-refractivity contribution in [1.29, 1.82) is 0 Å². The maximum atomic E-state index is 11.5. The van der Waals surface area contributed by atoms with Crippen LogP contribution < -0.4 is 11.1 Å². The molecule has 2 rings (SSSR count). The summed E-state index contributed by atoms with van der Waals surface area (Å²) in [5, 5.41) is 12.1. The average Bonchev–Trinajstić information content (AvgIpc) is 2.62. The summed E-state index contributed by atoms with van der Waals surface area (Å²) in [7, 11) is 0. The molecule has 1 aliphatic rings. The molecule has 0 saturated heterocycles. The Hall–Kier alpha value is -2.30. The predicted molar refractivity (Wildman–Crippen MR) is 66.3 cm³/mol. The van der Waals surface area contributed by atoms with Crippen LogP contribution in [0.1, 0.15) is 6.92 Å². The molecule has 0 saturated carbocycles. The van der Waals surface area contributed by atoms with Crippen LogP contribution in [0, 0.1) is 0 Å². The summed E-state index contributed by atoms with van der Waals surface area (Å²) in [6.07, 6.45) is 0. The molecular formula is C12H13N3O2. The van der Waals surface area contributed by atoms with Crippen LogP contribution in [0.2, 0.25) is 0 Å². The van der Waals surface area contributed by atoms with E-state index in [2.05, 4.69) is 10.3 Å². The van der Waals surface area contributed by atoms with Gasteiger partial charge in [0.05, 0.1) is 29.2 Å². The third-order valence-electron chi connectivity index (χ3n) is 2.52. The van der Waals surface area contributed by atoms with Crippen molar-refractivity contribution in [2.24, 2.45) is 4.99 Å². The SMILES string of the molecule is CC(=Nc1ccccc1N)C1=C(O)CNC1=O. The lowest BCUT2D eigenvalue weighted by Crippen LogP contribution is -2.19. The number of nitrogens with two attached hydrogens (primary N) is 1. The van der Waals surface area contributed by atoms with Gasteiger partial charge in [-0.05, 0) is 19.1 Å². The fraction of sp³-hybridized carbons (Fsp3) is 0.167. The van der Waals surface area contributed by atoms with E-state index in [1.807, 2.05) is 12.1 Å². The number of aliphatic hydroxyl groups excluding tert-OH is 1. The quantitative estimate of drug-likeness (QED) is 0.529. The van der Waals surface area contributed by atoms with Crippen LogP contribution in [0.15, 0.2) is 40.6 Å². The molecule has 0 unspecified atom stereocenters. The first-order valence-electron chi connectivity index (χ1n) is 5.20. The number of para-hydroxylation sites is 2. The van der Waals surface area contributed by atoms with Crippen molar-refractivity contribution in [3.8, 4) is 0 Å². The molecule has 1 heterocycles. The van der Waals surface area contributed by atoms with Crippen molar-refractivity contribution >= 4 is 23.0 Å². The number of amides is 1. The summed E-state index contributed by atoms with van der Waals surface area (Å²) in [6.45, 7) is 1.83. The molecule has 0 fully saturated rings. The first-order chi connectivity index (χ1) is 8.09. The van der Waals surface area contributed by atoms with E-state index in [1.165, 1.54) is 0 Å². The number of carbonyl (C=O) groups excluding carboxylic acids is 1. The number of anilines is 1. The van der Waals surface area contributed by atoms with E-state index in [0.717, 1.165) is 0 Å². The number of nitrogens with zero attached hydrogens (tertiary/aromatic N) is 1. The highest BCUT2D eigenvalue weighted by Crippen LogP contribution is 2.22. The molecule has 5 nitrogen and oxygen atoms in total. The molecule has 0 bridgehead atoms. The highest BCUT2D eigenvalue weighted by molar-refractivity contribution is 6.23. The molecule has 0 aliphatic carbocycles. The molecule has 5 heteroatoms. The minimum absolute atomic E-state index is 0.0192. The number of carbonyl (C=O) groups is 1. The van der Waals surface area contributed by atoms with Gasteiger partial charge in [0, 0.05) is 0 Å². The maximum absolute atomic E-state index is 11.5. The number of rotatable bonds is 2. The third kappa shape index (κ3) is 2.13. The van der Waals surface area contributed by atoms with Gasteiger partial charge in [-0.2, -0.15) is 0 Å². The van der Waals surface area contributed by atoms with Crippen LogP contribution in [-0.4, -0.2) is 23.3 Å². The van der Waals surface area contributed by atoms with Gasteiger partial charge in [-0.25, -0.2) is 0 Å². The summed E-state index contributed by atoms with van der Waals surface area (Å²) in [5.41, 5.74) is 7.56. The number of hydrogen-bond donors (Lipinski definition) is 3. The molecule has 0 spiro atoms. The summed E-state index contributed by atoms with van der Waals surface area (Å²) >= 11 is 0. The molecule has 17 heavy (non-hydrogen) atoms. The molecule has 1 aromatic carbocycles. The van der Waals surface area contributed by atoms with Crippen LogP contribution in [0.4, 0.5) is 11.4 Å². The number of aliphatic imine (C=N–C) groups is 1. The Morgan fingerprint density at radius 1 is 1.47 bits per heavy atom. The van der Waals surface area contributed by atoms with E-state index in [0.29, 0.717) is 17.1 Å². The van der Waals surface area contributed by atoms with Gasteiger partial charge < -0.3 is 16.2 Å². The molecule has 1 amide bonds. The summed E-state index contributed by atoms with van der Waals surface area (Å²) in [5.74, 6) is -0.288. The average molecular weight is 231 g/mol. The van der Waals surface area contributed by atoms with E-state index in [-0.39, 0.29) is 23.8 Å². The second kappa shape index (κ2) is 4.29. The monoisotopic (exact) mass is 231 g/mol. The molecule has 0 aromatic heterocycles. The van der Waals surface area contributed by atoms with Gasteiger partial charge >= 0.3 is 0 Å². The Kier molecular flexibility index (Phi) is 2.82. The van der Waals surface area contributed by atoms with Gasteiger partial charge in [0.25, 0.3) is 5.91 Å². The molecule has 88 valence electrons. The van der Waals surface area contributed by atoms with Crippen LogP contribution >= 0.6 is 0 Å². The highest BCUT2D eigenvalue weighted by atomic mass is 16.3. The Labute approximate surface area is 98.7 Å². The van der Waals surface area contributed by atoms with E-state index >= 15 is 0 Å². The van der Waals surface area contributed by atoms with Crippen molar-refractivity contribution in [1.82, 2.24) is 5.32 Å². The standard InChI is InChI=1S/C12H13N3O2/c1-7(11-10(16)6-14-12(11)17)15-9-5-3-2-4-8(9)13/h2-5,16H,6,13H2,1H3,(H,14,17). The van der Waals surface area contributed by atoms with Crippen molar-refractivity contribution in [3.05, 3.63) is 35.6 Å². The predicted octanol–water partition coefficient (Wildman–Crippen LogP) is 1.30. The zero-order valence-corrected chi connectivity index (χ0v) is 9.40. The second-order valence-corrected chi connectivity index (χ2v) is 3.76. The van der Waals surface area contributed by atoms with Gasteiger partial charge in [0.1, 0.15) is 5.76 Å². The molecular weight excluding hydrogens is 218 g/mol. The number of nitrogen functional groups attached to an aromatic ring is 1. The van der Waals surface area contributed by atoms with Crippen molar-refractivity contribution in [3.63, 3.8) is 0 Å². The topological polar surface area (TPSA) is 87.7 Å². The van der Waals surface area contributed by atoms with E-state index in [1.54, 1.807) is 19.1 Å². The number of nitrogens with one attached hydrogen (secondary N) is 1. The Morgan fingerprint density at radius 3 is 2.76 bits per heavy atom. The van der Waals surface area contributed by atoms with E-state index in [9.17, 15) is 9.90 Å². The lowest BCUT2D eigenvalue weighted by Gasteiger charge is -2.03. The Morgan fingerprint density at radius 2 is 2.18 bits per heavy atom. The van der Waals surface area contributed by atoms with Crippen LogP contribution in [0.3, 0.4) is 0 Å². The molecule has 0 radical (unpaired) electrons. The Balaban J connectivity index is 2.39. The number of benzene rings is 1. The van der Waals surface area contributed by atoms with Crippen LogP contribution in [0.25, 0.3) is 0 Å². The first-order valence-corrected chi connectivity index (χ1v) is 5.20. The number of aliphatic hydroxyl groups is 1.